The van der Waals surface area contributed by atoms with Gasteiger partial charge in [-0.3, -0.25) is 4.98 Å². The quantitative estimate of drug-likeness (QED) is 0.261. The van der Waals surface area contributed by atoms with Gasteiger partial charge in [0, 0.05) is 35.1 Å². The number of aromatic nitrogens is 3. The number of hydrogen-bond donors (Lipinski definition) is 1. The van der Waals surface area contributed by atoms with Crippen LogP contribution in [0.5, 0.6) is 11.6 Å². The van der Waals surface area contributed by atoms with E-state index in [0.717, 1.165) is 38.7 Å². The van der Waals surface area contributed by atoms with Crippen LogP contribution in [0.1, 0.15) is 39.1 Å². The SMILES string of the molecule is Cc1ccc(-c2nc3c(c(SCc4cccc(C)c4)n2)Cc2c(CO)cnc(C)c2O3)cc1. The van der Waals surface area contributed by atoms with Crippen LogP contribution >= 0.6 is 11.8 Å². The summed E-state index contributed by atoms with van der Waals surface area (Å²) in [5, 5.41) is 10.8. The Hall–Kier alpha value is -3.22. The molecule has 4 aromatic rings. The third-order valence-corrected chi connectivity index (χ3v) is 6.91. The highest BCUT2D eigenvalue weighted by molar-refractivity contribution is 7.98. The van der Waals surface area contributed by atoms with Gasteiger partial charge in [-0.2, -0.15) is 4.98 Å². The van der Waals surface area contributed by atoms with Crippen LogP contribution in [-0.4, -0.2) is 20.1 Å². The summed E-state index contributed by atoms with van der Waals surface area (Å²) in [5.41, 5.74) is 8.11. The first-order valence-corrected chi connectivity index (χ1v) is 11.9. The van der Waals surface area contributed by atoms with Gasteiger partial charge in [-0.1, -0.05) is 59.7 Å². The maximum atomic E-state index is 9.86. The van der Waals surface area contributed by atoms with Crippen molar-refractivity contribution in [3.8, 4) is 23.0 Å². The van der Waals surface area contributed by atoms with E-state index in [-0.39, 0.29) is 6.61 Å². The van der Waals surface area contributed by atoms with Crippen molar-refractivity contribution in [1.29, 1.82) is 0 Å². The van der Waals surface area contributed by atoms with E-state index < -0.39 is 0 Å². The molecule has 0 atom stereocenters. The number of nitrogens with zero attached hydrogens (tertiary/aromatic N) is 3. The molecule has 1 aliphatic heterocycles. The van der Waals surface area contributed by atoms with Crippen LogP contribution in [0.3, 0.4) is 0 Å². The monoisotopic (exact) mass is 455 g/mol. The van der Waals surface area contributed by atoms with Gasteiger partial charge < -0.3 is 9.84 Å². The molecule has 2 aromatic carbocycles. The molecular formula is C27H25N3O2S. The van der Waals surface area contributed by atoms with Gasteiger partial charge in [-0.05, 0) is 26.3 Å². The summed E-state index contributed by atoms with van der Waals surface area (Å²) >= 11 is 1.69. The average Bonchev–Trinajstić information content (AvgIpc) is 2.82. The lowest BCUT2D eigenvalue weighted by molar-refractivity contribution is 0.278. The molecule has 0 saturated heterocycles. The minimum absolute atomic E-state index is 0.0810. The number of rotatable bonds is 5. The zero-order chi connectivity index (χ0) is 22.9. The second-order valence-electron chi connectivity index (χ2n) is 8.39. The Kier molecular flexibility index (Phi) is 5.87. The summed E-state index contributed by atoms with van der Waals surface area (Å²) in [6.07, 6.45) is 2.33. The average molecular weight is 456 g/mol. The van der Waals surface area contributed by atoms with Gasteiger partial charge in [-0.25, -0.2) is 4.98 Å². The van der Waals surface area contributed by atoms with Crippen LogP contribution in [0.2, 0.25) is 0 Å². The molecule has 1 N–H and O–H groups in total. The van der Waals surface area contributed by atoms with Crippen LogP contribution in [-0.2, 0) is 18.8 Å². The molecule has 0 bridgehead atoms. The van der Waals surface area contributed by atoms with Crippen molar-refractivity contribution in [3.63, 3.8) is 0 Å². The number of aliphatic hydroxyl groups is 1. The molecule has 0 radical (unpaired) electrons. The highest BCUT2D eigenvalue weighted by Crippen LogP contribution is 2.43. The lowest BCUT2D eigenvalue weighted by Crippen LogP contribution is -2.13. The van der Waals surface area contributed by atoms with E-state index in [1.807, 2.05) is 19.1 Å². The van der Waals surface area contributed by atoms with Gasteiger partial charge in [0.15, 0.2) is 11.6 Å². The molecule has 5 rings (SSSR count). The molecule has 5 nitrogen and oxygen atoms in total. The Morgan fingerprint density at radius 1 is 0.970 bits per heavy atom. The molecule has 0 unspecified atom stereocenters. The van der Waals surface area contributed by atoms with Crippen molar-refractivity contribution < 1.29 is 9.84 Å². The van der Waals surface area contributed by atoms with Gasteiger partial charge in [0.25, 0.3) is 0 Å². The molecular weight excluding hydrogens is 430 g/mol. The van der Waals surface area contributed by atoms with Crippen molar-refractivity contribution >= 4 is 11.8 Å². The second-order valence-corrected chi connectivity index (χ2v) is 9.36. The summed E-state index contributed by atoms with van der Waals surface area (Å²) in [4.78, 5) is 14.2. The van der Waals surface area contributed by atoms with Gasteiger partial charge in [-0.15, -0.1) is 11.8 Å². The van der Waals surface area contributed by atoms with Crippen molar-refractivity contribution in [2.75, 3.05) is 0 Å². The molecule has 1 aliphatic rings. The summed E-state index contributed by atoms with van der Waals surface area (Å²) in [5.74, 6) is 2.71. The Labute approximate surface area is 197 Å². The van der Waals surface area contributed by atoms with E-state index >= 15 is 0 Å². The van der Waals surface area contributed by atoms with Gasteiger partial charge in [0.1, 0.15) is 5.03 Å². The molecule has 3 heterocycles. The maximum absolute atomic E-state index is 9.86. The Balaban J connectivity index is 1.59. The van der Waals surface area contributed by atoms with E-state index in [1.165, 1.54) is 16.7 Å². The van der Waals surface area contributed by atoms with Crippen LogP contribution in [0.25, 0.3) is 11.4 Å². The third-order valence-electron chi connectivity index (χ3n) is 5.83. The minimum Gasteiger partial charge on any atom is -0.436 e. The Bertz CT molecular complexity index is 1340. The topological polar surface area (TPSA) is 68.1 Å². The maximum Gasteiger partial charge on any atom is 0.227 e. The van der Waals surface area contributed by atoms with Crippen molar-refractivity contribution in [2.45, 2.75) is 44.6 Å². The number of aryl methyl sites for hydroxylation is 3. The third kappa shape index (κ3) is 4.36. The van der Waals surface area contributed by atoms with E-state index in [4.69, 9.17) is 14.7 Å². The number of pyridine rings is 1. The van der Waals surface area contributed by atoms with Gasteiger partial charge in [0.2, 0.25) is 5.88 Å². The van der Waals surface area contributed by atoms with Gasteiger partial charge >= 0.3 is 0 Å². The normalized spacial score (nSPS) is 12.1. The summed E-state index contributed by atoms with van der Waals surface area (Å²) in [7, 11) is 0. The summed E-state index contributed by atoms with van der Waals surface area (Å²) in [6, 6.07) is 16.7. The zero-order valence-electron chi connectivity index (χ0n) is 18.9. The first kappa shape index (κ1) is 21.6. The zero-order valence-corrected chi connectivity index (χ0v) is 19.7. The van der Waals surface area contributed by atoms with Crippen molar-refractivity contribution in [3.05, 3.63) is 93.8 Å². The lowest BCUT2D eigenvalue weighted by atomic mass is 9.99. The van der Waals surface area contributed by atoms with Crippen molar-refractivity contribution in [2.24, 2.45) is 0 Å². The molecule has 33 heavy (non-hydrogen) atoms. The van der Waals surface area contributed by atoms with Crippen LogP contribution in [0.15, 0.2) is 59.8 Å². The molecule has 0 aliphatic carbocycles. The van der Waals surface area contributed by atoms with Crippen LogP contribution in [0, 0.1) is 20.8 Å². The number of benzene rings is 2. The summed E-state index contributed by atoms with van der Waals surface area (Å²) in [6.45, 7) is 6.01. The number of aliphatic hydroxyl groups excluding tert-OH is 1. The molecule has 0 spiro atoms. The number of hydrogen-bond acceptors (Lipinski definition) is 6. The van der Waals surface area contributed by atoms with E-state index in [2.05, 4.69) is 55.2 Å². The smallest absolute Gasteiger partial charge is 0.227 e. The summed E-state index contributed by atoms with van der Waals surface area (Å²) < 4.78 is 6.31. The van der Waals surface area contributed by atoms with Crippen molar-refractivity contribution in [1.82, 2.24) is 15.0 Å². The lowest BCUT2D eigenvalue weighted by Gasteiger charge is -2.24. The first-order valence-electron chi connectivity index (χ1n) is 10.9. The predicted molar refractivity (Wildman–Crippen MR) is 131 cm³/mol. The largest absolute Gasteiger partial charge is 0.436 e. The molecule has 0 fully saturated rings. The number of thioether (sulfide) groups is 1. The molecule has 166 valence electrons. The first-order chi connectivity index (χ1) is 16.0. The second kappa shape index (κ2) is 8.96. The number of ether oxygens (including phenoxy) is 1. The Morgan fingerprint density at radius 2 is 1.79 bits per heavy atom. The standard InChI is InChI=1S/C27H25N3O2S/c1-16-7-9-20(10-8-16)25-29-26-23(12-22-21(14-31)13-28-18(3)24(22)32-26)27(30-25)33-15-19-6-4-5-17(2)11-19/h4-11,13,31H,12,14-15H2,1-3H3. The number of fused-ring (bicyclic) bond motifs is 2. The van der Waals surface area contributed by atoms with E-state index in [0.29, 0.717) is 23.9 Å². The van der Waals surface area contributed by atoms with Gasteiger partial charge in [0.05, 0.1) is 17.9 Å². The Morgan fingerprint density at radius 3 is 2.55 bits per heavy atom. The van der Waals surface area contributed by atoms with Crippen LogP contribution < -0.4 is 4.74 Å². The fourth-order valence-electron chi connectivity index (χ4n) is 4.00. The molecule has 2 aromatic heterocycles. The molecule has 0 amide bonds. The van der Waals surface area contributed by atoms with E-state index in [9.17, 15) is 5.11 Å². The fourth-order valence-corrected chi connectivity index (χ4v) is 4.97. The minimum atomic E-state index is -0.0810. The molecule has 6 heteroatoms. The fraction of sp³-hybridized carbons (Fsp3) is 0.222. The van der Waals surface area contributed by atoms with Crippen LogP contribution in [0.4, 0.5) is 0 Å². The highest BCUT2D eigenvalue weighted by atomic mass is 32.2. The predicted octanol–water partition coefficient (Wildman–Crippen LogP) is 5.94. The molecule has 0 saturated carbocycles. The van der Waals surface area contributed by atoms with E-state index in [1.54, 1.807) is 18.0 Å². The highest BCUT2D eigenvalue weighted by Gasteiger charge is 2.27.